The lowest BCUT2D eigenvalue weighted by Crippen LogP contribution is -2.43. The zero-order chi connectivity index (χ0) is 18.6. The summed E-state index contributed by atoms with van der Waals surface area (Å²) >= 11 is 0. The molecule has 0 unspecified atom stereocenters. The van der Waals surface area contributed by atoms with E-state index in [4.69, 9.17) is 0 Å². The Labute approximate surface area is 156 Å². The third kappa shape index (κ3) is 4.02. The molecule has 6 nitrogen and oxygen atoms in total. The maximum absolute atomic E-state index is 13.0. The molecular formula is C20H20FN5O. The summed E-state index contributed by atoms with van der Waals surface area (Å²) in [6.45, 7) is 1.93. The number of nitrogens with one attached hydrogen (secondary N) is 1. The lowest BCUT2D eigenvalue weighted by molar-refractivity contribution is -0.125. The van der Waals surface area contributed by atoms with Gasteiger partial charge in [0.2, 0.25) is 5.91 Å². The van der Waals surface area contributed by atoms with E-state index >= 15 is 0 Å². The lowest BCUT2D eigenvalue weighted by atomic mass is 9.96. The van der Waals surface area contributed by atoms with Crippen LogP contribution in [0.1, 0.15) is 18.4 Å². The number of amides is 1. The van der Waals surface area contributed by atoms with Gasteiger partial charge in [-0.3, -0.25) is 9.78 Å². The van der Waals surface area contributed by atoms with Gasteiger partial charge in [-0.1, -0.05) is 12.1 Å². The van der Waals surface area contributed by atoms with Gasteiger partial charge in [0.05, 0.1) is 17.8 Å². The third-order valence-electron chi connectivity index (χ3n) is 4.85. The first-order valence-corrected chi connectivity index (χ1v) is 9.03. The molecule has 1 amide bonds. The number of rotatable bonds is 4. The van der Waals surface area contributed by atoms with Gasteiger partial charge < -0.3 is 10.2 Å². The van der Waals surface area contributed by atoms with Gasteiger partial charge in [0.1, 0.15) is 11.3 Å². The van der Waals surface area contributed by atoms with E-state index in [0.717, 1.165) is 36.2 Å². The van der Waals surface area contributed by atoms with Crippen LogP contribution in [0, 0.1) is 11.7 Å². The van der Waals surface area contributed by atoms with Crippen molar-refractivity contribution in [2.45, 2.75) is 19.4 Å². The molecule has 4 rings (SSSR count). The Balaban J connectivity index is 1.40. The SMILES string of the molecule is O=C(NCc1ccc(F)cc1)[C@H]1CCCN(c2cnc3nccnc3c2)C1. The van der Waals surface area contributed by atoms with Crippen molar-refractivity contribution in [3.05, 3.63) is 60.3 Å². The fourth-order valence-corrected chi connectivity index (χ4v) is 3.38. The standard InChI is InChI=1S/C20H20FN5O/c21-16-5-3-14(4-6-16)11-25-20(27)15-2-1-9-26(13-15)17-10-18-19(24-12-17)23-8-7-22-18/h3-8,10,12,15H,1-2,9,11,13H2,(H,25,27)/t15-/m0/s1. The fourth-order valence-electron chi connectivity index (χ4n) is 3.38. The molecule has 0 bridgehead atoms. The quantitative estimate of drug-likeness (QED) is 0.770. The third-order valence-corrected chi connectivity index (χ3v) is 4.85. The van der Waals surface area contributed by atoms with Crippen LogP contribution < -0.4 is 10.2 Å². The molecule has 1 aliphatic heterocycles. The summed E-state index contributed by atoms with van der Waals surface area (Å²) in [5.74, 6) is -0.337. The predicted molar refractivity (Wildman–Crippen MR) is 101 cm³/mol. The average molecular weight is 365 g/mol. The van der Waals surface area contributed by atoms with Crippen LogP contribution in [0.15, 0.2) is 48.9 Å². The van der Waals surface area contributed by atoms with Crippen molar-refractivity contribution in [3.8, 4) is 0 Å². The summed E-state index contributed by atoms with van der Waals surface area (Å²) in [7, 11) is 0. The van der Waals surface area contributed by atoms with Crippen molar-refractivity contribution >= 4 is 22.8 Å². The van der Waals surface area contributed by atoms with Crippen molar-refractivity contribution < 1.29 is 9.18 Å². The van der Waals surface area contributed by atoms with Crippen molar-refractivity contribution in [1.29, 1.82) is 0 Å². The van der Waals surface area contributed by atoms with Gasteiger partial charge in [-0.15, -0.1) is 0 Å². The minimum Gasteiger partial charge on any atom is -0.369 e. The van der Waals surface area contributed by atoms with Crippen LogP contribution in [0.4, 0.5) is 10.1 Å². The van der Waals surface area contributed by atoms with Crippen molar-refractivity contribution in [2.24, 2.45) is 5.92 Å². The minimum absolute atomic E-state index is 0.0255. The Morgan fingerprint density at radius 3 is 2.85 bits per heavy atom. The molecule has 1 aromatic carbocycles. The first-order valence-electron chi connectivity index (χ1n) is 9.03. The molecule has 0 spiro atoms. The van der Waals surface area contributed by atoms with Crippen LogP contribution in [0.3, 0.4) is 0 Å². The van der Waals surface area contributed by atoms with Gasteiger partial charge >= 0.3 is 0 Å². The Bertz CT molecular complexity index is 947. The van der Waals surface area contributed by atoms with Crippen LogP contribution in [0.25, 0.3) is 11.2 Å². The molecule has 3 heterocycles. The molecule has 138 valence electrons. The van der Waals surface area contributed by atoms with E-state index in [-0.39, 0.29) is 17.6 Å². The van der Waals surface area contributed by atoms with Gasteiger partial charge in [-0.05, 0) is 36.6 Å². The second kappa shape index (κ2) is 7.65. The zero-order valence-corrected chi connectivity index (χ0v) is 14.8. The monoisotopic (exact) mass is 365 g/mol. The van der Waals surface area contributed by atoms with Crippen LogP contribution in [0.2, 0.25) is 0 Å². The van der Waals surface area contributed by atoms with Gasteiger partial charge in [0.25, 0.3) is 0 Å². The molecule has 1 fully saturated rings. The molecule has 3 aromatic rings. The van der Waals surface area contributed by atoms with Crippen molar-refractivity contribution in [2.75, 3.05) is 18.0 Å². The molecule has 7 heteroatoms. The number of fused-ring (bicyclic) bond motifs is 1. The largest absolute Gasteiger partial charge is 0.369 e. The number of pyridine rings is 1. The molecule has 2 aromatic heterocycles. The zero-order valence-electron chi connectivity index (χ0n) is 14.8. The average Bonchev–Trinajstić information content (AvgIpc) is 2.73. The maximum atomic E-state index is 13.0. The number of hydrogen-bond donors (Lipinski definition) is 1. The molecule has 1 N–H and O–H groups in total. The number of benzene rings is 1. The lowest BCUT2D eigenvalue weighted by Gasteiger charge is -2.33. The normalized spacial score (nSPS) is 17.1. The molecule has 0 saturated carbocycles. The van der Waals surface area contributed by atoms with E-state index in [1.807, 2.05) is 6.07 Å². The van der Waals surface area contributed by atoms with E-state index < -0.39 is 0 Å². The van der Waals surface area contributed by atoms with Crippen LogP contribution >= 0.6 is 0 Å². The molecule has 1 saturated heterocycles. The summed E-state index contributed by atoms with van der Waals surface area (Å²) in [5.41, 5.74) is 3.21. The highest BCUT2D eigenvalue weighted by molar-refractivity contribution is 5.80. The van der Waals surface area contributed by atoms with Crippen LogP contribution in [0.5, 0.6) is 0 Å². The molecule has 0 radical (unpaired) electrons. The van der Waals surface area contributed by atoms with Crippen LogP contribution in [-0.4, -0.2) is 33.9 Å². The number of piperidine rings is 1. The van der Waals surface area contributed by atoms with Gasteiger partial charge in [0.15, 0.2) is 5.65 Å². The maximum Gasteiger partial charge on any atom is 0.225 e. The topological polar surface area (TPSA) is 71.0 Å². The van der Waals surface area contributed by atoms with E-state index in [2.05, 4.69) is 25.2 Å². The van der Waals surface area contributed by atoms with Gasteiger partial charge in [0, 0.05) is 32.0 Å². The Hall–Kier alpha value is -3.09. The Morgan fingerprint density at radius 1 is 1.19 bits per heavy atom. The van der Waals surface area contributed by atoms with Crippen molar-refractivity contribution in [3.63, 3.8) is 0 Å². The number of carbonyl (C=O) groups excluding carboxylic acids is 1. The number of carbonyl (C=O) groups is 1. The molecule has 1 atom stereocenters. The highest BCUT2D eigenvalue weighted by Crippen LogP contribution is 2.24. The smallest absolute Gasteiger partial charge is 0.225 e. The Morgan fingerprint density at radius 2 is 2.00 bits per heavy atom. The van der Waals surface area contributed by atoms with E-state index in [1.165, 1.54) is 12.1 Å². The van der Waals surface area contributed by atoms with Gasteiger partial charge in [-0.25, -0.2) is 14.4 Å². The highest BCUT2D eigenvalue weighted by atomic mass is 19.1. The summed E-state index contributed by atoms with van der Waals surface area (Å²) in [5, 5.41) is 2.96. The second-order valence-corrected chi connectivity index (χ2v) is 6.72. The van der Waals surface area contributed by atoms with Crippen LogP contribution in [-0.2, 0) is 11.3 Å². The summed E-state index contributed by atoms with van der Waals surface area (Å²) in [6.07, 6.45) is 6.85. The fraction of sp³-hybridized carbons (Fsp3) is 0.300. The van der Waals surface area contributed by atoms with Crippen molar-refractivity contribution in [1.82, 2.24) is 20.3 Å². The number of hydrogen-bond acceptors (Lipinski definition) is 5. The molecule has 1 aliphatic rings. The summed E-state index contributed by atoms with van der Waals surface area (Å²) in [6, 6.07) is 8.14. The number of aromatic nitrogens is 3. The first-order chi connectivity index (χ1) is 13.2. The van der Waals surface area contributed by atoms with E-state index in [1.54, 1.807) is 30.7 Å². The second-order valence-electron chi connectivity index (χ2n) is 6.72. The molecular weight excluding hydrogens is 345 g/mol. The highest BCUT2D eigenvalue weighted by Gasteiger charge is 2.26. The molecule has 27 heavy (non-hydrogen) atoms. The molecule has 0 aliphatic carbocycles. The number of nitrogens with zero attached hydrogens (tertiary/aromatic N) is 4. The Kier molecular flexibility index (Phi) is 4.91. The number of halogens is 1. The van der Waals surface area contributed by atoms with E-state index in [9.17, 15) is 9.18 Å². The first kappa shape index (κ1) is 17.3. The summed E-state index contributed by atoms with van der Waals surface area (Å²) in [4.78, 5) is 27.6. The minimum atomic E-state index is -0.276. The summed E-state index contributed by atoms with van der Waals surface area (Å²) < 4.78 is 13.0. The predicted octanol–water partition coefficient (Wildman–Crippen LogP) is 2.70. The van der Waals surface area contributed by atoms with Gasteiger partial charge in [-0.2, -0.15) is 0 Å². The van der Waals surface area contributed by atoms with E-state index in [0.29, 0.717) is 18.7 Å². The number of anilines is 1.